The SMILES string of the molecule is CC.CC.Cc1cc2c(cn1)CNC2. The van der Waals surface area contributed by atoms with Gasteiger partial charge in [0.2, 0.25) is 0 Å². The Bertz CT molecular complexity index is 256. The third kappa shape index (κ3) is 3.46. The van der Waals surface area contributed by atoms with Gasteiger partial charge in [0.25, 0.3) is 0 Å². The molecule has 14 heavy (non-hydrogen) atoms. The molecular formula is C12H22N2. The van der Waals surface area contributed by atoms with Gasteiger partial charge in [-0.3, -0.25) is 4.98 Å². The lowest BCUT2D eigenvalue weighted by Crippen LogP contribution is -1.99. The van der Waals surface area contributed by atoms with Crippen LogP contribution in [0.2, 0.25) is 0 Å². The Kier molecular flexibility index (Phi) is 7.03. The van der Waals surface area contributed by atoms with Gasteiger partial charge in [-0.1, -0.05) is 27.7 Å². The van der Waals surface area contributed by atoms with Crippen LogP contribution in [0.1, 0.15) is 44.5 Å². The van der Waals surface area contributed by atoms with Crippen molar-refractivity contribution in [3.8, 4) is 0 Å². The summed E-state index contributed by atoms with van der Waals surface area (Å²) in [5.41, 5.74) is 3.88. The molecule has 0 saturated carbocycles. The van der Waals surface area contributed by atoms with Crippen molar-refractivity contribution in [2.45, 2.75) is 47.7 Å². The quantitative estimate of drug-likeness (QED) is 0.686. The van der Waals surface area contributed by atoms with Gasteiger partial charge in [0, 0.05) is 25.0 Å². The number of nitrogens with zero attached hydrogens (tertiary/aromatic N) is 1. The van der Waals surface area contributed by atoms with Crippen LogP contribution in [-0.4, -0.2) is 4.98 Å². The van der Waals surface area contributed by atoms with E-state index in [1.165, 1.54) is 11.1 Å². The summed E-state index contributed by atoms with van der Waals surface area (Å²) in [7, 11) is 0. The van der Waals surface area contributed by atoms with E-state index in [1.807, 2.05) is 40.8 Å². The van der Waals surface area contributed by atoms with E-state index in [2.05, 4.69) is 16.4 Å². The zero-order chi connectivity index (χ0) is 11.0. The van der Waals surface area contributed by atoms with Gasteiger partial charge in [0.05, 0.1) is 0 Å². The van der Waals surface area contributed by atoms with Crippen molar-refractivity contribution in [3.05, 3.63) is 29.1 Å². The molecule has 1 aliphatic heterocycles. The highest BCUT2D eigenvalue weighted by atomic mass is 14.9. The lowest BCUT2D eigenvalue weighted by molar-refractivity contribution is 0.764. The van der Waals surface area contributed by atoms with Crippen LogP contribution in [0.25, 0.3) is 0 Å². The molecular weight excluding hydrogens is 172 g/mol. The summed E-state index contributed by atoms with van der Waals surface area (Å²) in [5.74, 6) is 0. The molecule has 0 amide bonds. The van der Waals surface area contributed by atoms with Crippen molar-refractivity contribution in [2.24, 2.45) is 0 Å². The maximum atomic E-state index is 4.21. The van der Waals surface area contributed by atoms with Crippen molar-refractivity contribution >= 4 is 0 Å². The Labute approximate surface area is 87.8 Å². The van der Waals surface area contributed by atoms with Gasteiger partial charge in [-0.05, 0) is 24.1 Å². The van der Waals surface area contributed by atoms with E-state index >= 15 is 0 Å². The van der Waals surface area contributed by atoms with Crippen LogP contribution in [0.15, 0.2) is 12.3 Å². The van der Waals surface area contributed by atoms with Gasteiger partial charge in [-0.25, -0.2) is 0 Å². The first-order chi connectivity index (χ1) is 6.86. The maximum absolute atomic E-state index is 4.21. The van der Waals surface area contributed by atoms with Crippen molar-refractivity contribution in [1.82, 2.24) is 10.3 Å². The molecule has 0 unspecified atom stereocenters. The fraction of sp³-hybridized carbons (Fsp3) is 0.583. The molecule has 1 N–H and O–H groups in total. The minimum Gasteiger partial charge on any atom is -0.309 e. The number of rotatable bonds is 0. The fourth-order valence-corrected chi connectivity index (χ4v) is 1.30. The van der Waals surface area contributed by atoms with Gasteiger partial charge in [0.15, 0.2) is 0 Å². The first kappa shape index (κ1) is 13.1. The van der Waals surface area contributed by atoms with Crippen LogP contribution in [0.5, 0.6) is 0 Å². The summed E-state index contributed by atoms with van der Waals surface area (Å²) in [6.07, 6.45) is 1.96. The zero-order valence-corrected chi connectivity index (χ0v) is 10.0. The highest BCUT2D eigenvalue weighted by molar-refractivity contribution is 5.29. The van der Waals surface area contributed by atoms with E-state index in [1.54, 1.807) is 0 Å². The molecule has 2 heterocycles. The molecule has 2 nitrogen and oxygen atoms in total. The zero-order valence-electron chi connectivity index (χ0n) is 10.0. The number of fused-ring (bicyclic) bond motifs is 1. The molecule has 2 heteroatoms. The summed E-state index contributed by atoms with van der Waals surface area (Å²) in [5, 5.41) is 3.27. The summed E-state index contributed by atoms with van der Waals surface area (Å²) in [6.45, 7) is 12.0. The van der Waals surface area contributed by atoms with Gasteiger partial charge < -0.3 is 5.32 Å². The number of hydrogen-bond donors (Lipinski definition) is 1. The molecule has 0 bridgehead atoms. The molecule has 0 aliphatic carbocycles. The molecule has 80 valence electrons. The van der Waals surface area contributed by atoms with E-state index in [0.717, 1.165) is 18.8 Å². The summed E-state index contributed by atoms with van der Waals surface area (Å²) in [4.78, 5) is 4.21. The van der Waals surface area contributed by atoms with Crippen LogP contribution in [0.3, 0.4) is 0 Å². The third-order valence-electron chi connectivity index (χ3n) is 1.85. The van der Waals surface area contributed by atoms with E-state index in [9.17, 15) is 0 Å². The molecule has 1 aliphatic rings. The highest BCUT2D eigenvalue weighted by Gasteiger charge is 2.08. The normalized spacial score (nSPS) is 11.8. The average Bonchev–Trinajstić information content (AvgIpc) is 2.71. The Hall–Kier alpha value is -0.890. The largest absolute Gasteiger partial charge is 0.309 e. The van der Waals surface area contributed by atoms with Gasteiger partial charge in [-0.15, -0.1) is 0 Å². The van der Waals surface area contributed by atoms with Crippen molar-refractivity contribution < 1.29 is 0 Å². The number of nitrogens with one attached hydrogen (secondary N) is 1. The fourth-order valence-electron chi connectivity index (χ4n) is 1.30. The number of aryl methyl sites for hydroxylation is 1. The van der Waals surface area contributed by atoms with Crippen molar-refractivity contribution in [2.75, 3.05) is 0 Å². The van der Waals surface area contributed by atoms with Crippen molar-refractivity contribution in [1.29, 1.82) is 0 Å². The highest BCUT2D eigenvalue weighted by Crippen LogP contribution is 2.13. The molecule has 0 radical (unpaired) electrons. The molecule has 0 saturated heterocycles. The van der Waals surface area contributed by atoms with E-state index < -0.39 is 0 Å². The topological polar surface area (TPSA) is 24.9 Å². The van der Waals surface area contributed by atoms with Gasteiger partial charge in [-0.2, -0.15) is 0 Å². The Balaban J connectivity index is 0.000000379. The van der Waals surface area contributed by atoms with Crippen LogP contribution < -0.4 is 5.32 Å². The Morgan fingerprint density at radius 2 is 1.64 bits per heavy atom. The second-order valence-electron chi connectivity index (χ2n) is 2.70. The summed E-state index contributed by atoms with van der Waals surface area (Å²) < 4.78 is 0. The molecule has 0 atom stereocenters. The average molecular weight is 194 g/mol. The molecule has 0 fully saturated rings. The summed E-state index contributed by atoms with van der Waals surface area (Å²) in [6, 6.07) is 2.15. The molecule has 1 aromatic rings. The molecule has 0 aromatic carbocycles. The van der Waals surface area contributed by atoms with Crippen LogP contribution in [-0.2, 0) is 13.1 Å². The first-order valence-electron chi connectivity index (χ1n) is 5.51. The standard InChI is InChI=1S/C8H10N2.2C2H6/c1-6-2-7-3-9-4-8(7)5-10-6;2*1-2/h2,5,9H,3-4H2,1H3;2*1-2H3. The second-order valence-corrected chi connectivity index (χ2v) is 2.70. The monoisotopic (exact) mass is 194 g/mol. The minimum absolute atomic E-state index is 0.989. The van der Waals surface area contributed by atoms with Crippen molar-refractivity contribution in [3.63, 3.8) is 0 Å². The van der Waals surface area contributed by atoms with Crippen LogP contribution in [0, 0.1) is 6.92 Å². The summed E-state index contributed by atoms with van der Waals surface area (Å²) >= 11 is 0. The third-order valence-corrected chi connectivity index (χ3v) is 1.85. The van der Waals surface area contributed by atoms with Crippen LogP contribution in [0.4, 0.5) is 0 Å². The first-order valence-corrected chi connectivity index (χ1v) is 5.51. The van der Waals surface area contributed by atoms with Crippen LogP contribution >= 0.6 is 0 Å². The molecule has 2 rings (SSSR count). The smallest absolute Gasteiger partial charge is 0.0376 e. The maximum Gasteiger partial charge on any atom is 0.0376 e. The van der Waals surface area contributed by atoms with E-state index in [0.29, 0.717) is 0 Å². The number of hydrogen-bond acceptors (Lipinski definition) is 2. The lowest BCUT2D eigenvalue weighted by Gasteiger charge is -1.96. The van der Waals surface area contributed by atoms with E-state index in [-0.39, 0.29) is 0 Å². The van der Waals surface area contributed by atoms with E-state index in [4.69, 9.17) is 0 Å². The van der Waals surface area contributed by atoms with Gasteiger partial charge >= 0.3 is 0 Å². The molecule has 1 aromatic heterocycles. The lowest BCUT2D eigenvalue weighted by atomic mass is 10.2. The second kappa shape index (κ2) is 7.51. The predicted molar refractivity (Wildman–Crippen MR) is 62.2 cm³/mol. The number of aromatic nitrogens is 1. The van der Waals surface area contributed by atoms with Gasteiger partial charge in [0.1, 0.15) is 0 Å². The minimum atomic E-state index is 0.989. The predicted octanol–water partition coefficient (Wildman–Crippen LogP) is 3.05. The molecule has 0 spiro atoms. The Morgan fingerprint density at radius 3 is 2.29 bits per heavy atom. The number of pyridine rings is 1. The Morgan fingerprint density at radius 1 is 1.07 bits per heavy atom.